The van der Waals surface area contributed by atoms with Gasteiger partial charge in [0.2, 0.25) is 6.79 Å². The fourth-order valence-electron chi connectivity index (χ4n) is 1.93. The Morgan fingerprint density at radius 1 is 1.27 bits per heavy atom. The van der Waals surface area contributed by atoms with Gasteiger partial charge in [0.05, 0.1) is 18.6 Å². The van der Waals surface area contributed by atoms with E-state index < -0.39 is 18.1 Å². The second-order valence-corrected chi connectivity index (χ2v) is 5.16. The monoisotopic (exact) mass is 320 g/mol. The number of esters is 1. The normalized spacial score (nSPS) is 11.7. The first-order chi connectivity index (χ1) is 10.6. The minimum absolute atomic E-state index is 0.0694. The summed E-state index contributed by atoms with van der Waals surface area (Å²) in [6.07, 6.45) is 4.58. The predicted octanol–water partition coefficient (Wildman–Crippen LogP) is 3.11. The van der Waals surface area contributed by atoms with Gasteiger partial charge >= 0.3 is 11.3 Å². The van der Waals surface area contributed by atoms with E-state index in [0.717, 1.165) is 17.3 Å². The number of benzene rings is 1. The van der Waals surface area contributed by atoms with Gasteiger partial charge in [-0.15, -0.1) is 0 Å². The molecule has 0 radical (unpaired) electrons. The van der Waals surface area contributed by atoms with E-state index in [1.807, 2.05) is 37.3 Å². The third-order valence-electron chi connectivity index (χ3n) is 3.11. The van der Waals surface area contributed by atoms with Crippen LogP contribution in [0.5, 0.6) is 0 Å². The Morgan fingerprint density at radius 2 is 2.00 bits per heavy atom. The SMILES string of the molecule is CSC(=O)OCOC(=O)c1cncn1C(C)c1ccccc1. The first-order valence-electron chi connectivity index (χ1n) is 6.58. The zero-order chi connectivity index (χ0) is 15.9. The largest absolute Gasteiger partial charge is 0.423 e. The molecular formula is C15H16N2O4S. The molecule has 1 heterocycles. The van der Waals surface area contributed by atoms with Gasteiger partial charge in [0, 0.05) is 0 Å². The molecule has 0 saturated carbocycles. The topological polar surface area (TPSA) is 70.4 Å². The third kappa shape index (κ3) is 3.88. The molecular weight excluding hydrogens is 304 g/mol. The van der Waals surface area contributed by atoms with E-state index in [0.29, 0.717) is 5.69 Å². The van der Waals surface area contributed by atoms with Gasteiger partial charge in [0.1, 0.15) is 5.69 Å². The lowest BCUT2D eigenvalue weighted by atomic mass is 10.1. The van der Waals surface area contributed by atoms with Crippen molar-refractivity contribution < 1.29 is 19.1 Å². The Morgan fingerprint density at radius 3 is 2.68 bits per heavy atom. The lowest BCUT2D eigenvalue weighted by molar-refractivity contribution is 0.00303. The fourth-order valence-corrected chi connectivity index (χ4v) is 2.09. The number of aromatic nitrogens is 2. The van der Waals surface area contributed by atoms with Gasteiger partial charge in [-0.1, -0.05) is 30.3 Å². The van der Waals surface area contributed by atoms with Gasteiger partial charge in [-0.3, -0.25) is 0 Å². The van der Waals surface area contributed by atoms with Crippen LogP contribution in [0, 0.1) is 0 Å². The number of ether oxygens (including phenoxy) is 2. The van der Waals surface area contributed by atoms with Crippen LogP contribution in [0.2, 0.25) is 0 Å². The molecule has 0 bridgehead atoms. The van der Waals surface area contributed by atoms with Gasteiger partial charge < -0.3 is 14.0 Å². The van der Waals surface area contributed by atoms with Gasteiger partial charge in [-0.2, -0.15) is 0 Å². The van der Waals surface area contributed by atoms with Crippen molar-refractivity contribution in [1.29, 1.82) is 0 Å². The second-order valence-electron chi connectivity index (χ2n) is 4.42. The van der Waals surface area contributed by atoms with E-state index in [1.54, 1.807) is 17.2 Å². The average Bonchev–Trinajstić information content (AvgIpc) is 3.04. The molecule has 116 valence electrons. The number of rotatable bonds is 5. The van der Waals surface area contributed by atoms with Crippen molar-refractivity contribution in [1.82, 2.24) is 9.55 Å². The highest BCUT2D eigenvalue weighted by Gasteiger charge is 2.18. The molecule has 22 heavy (non-hydrogen) atoms. The van der Waals surface area contributed by atoms with E-state index in [9.17, 15) is 9.59 Å². The number of imidazole rings is 1. The lowest BCUT2D eigenvalue weighted by Crippen LogP contribution is -2.17. The van der Waals surface area contributed by atoms with E-state index in [1.165, 1.54) is 6.20 Å². The van der Waals surface area contributed by atoms with Crippen LogP contribution in [-0.2, 0) is 9.47 Å². The van der Waals surface area contributed by atoms with Crippen molar-refractivity contribution in [3.63, 3.8) is 0 Å². The van der Waals surface area contributed by atoms with Crippen LogP contribution in [0.15, 0.2) is 42.9 Å². The summed E-state index contributed by atoms with van der Waals surface area (Å²) in [5, 5.41) is -0.501. The maximum atomic E-state index is 12.1. The molecule has 1 aromatic heterocycles. The molecule has 0 N–H and O–H groups in total. The van der Waals surface area contributed by atoms with E-state index in [2.05, 4.69) is 4.98 Å². The lowest BCUT2D eigenvalue weighted by Gasteiger charge is -2.16. The molecule has 0 aliphatic rings. The van der Waals surface area contributed by atoms with Crippen molar-refractivity contribution >= 4 is 23.0 Å². The summed E-state index contributed by atoms with van der Waals surface area (Å²) in [4.78, 5) is 27.0. The molecule has 0 aliphatic heterocycles. The minimum Gasteiger partial charge on any atom is -0.423 e. The van der Waals surface area contributed by atoms with Crippen LogP contribution < -0.4 is 0 Å². The Kier molecular flexibility index (Phi) is 5.60. The van der Waals surface area contributed by atoms with Crippen LogP contribution >= 0.6 is 11.8 Å². The van der Waals surface area contributed by atoms with Gasteiger partial charge in [-0.05, 0) is 30.5 Å². The fraction of sp³-hybridized carbons (Fsp3) is 0.267. The molecule has 0 fully saturated rings. The van der Waals surface area contributed by atoms with Crippen molar-refractivity contribution in [3.05, 3.63) is 54.1 Å². The number of hydrogen-bond donors (Lipinski definition) is 0. The molecule has 0 amide bonds. The summed E-state index contributed by atoms with van der Waals surface area (Å²) in [6.45, 7) is 1.55. The highest BCUT2D eigenvalue weighted by molar-refractivity contribution is 8.12. The zero-order valence-electron chi connectivity index (χ0n) is 12.3. The first kappa shape index (κ1) is 16.1. The molecule has 0 aliphatic carbocycles. The number of hydrogen-bond acceptors (Lipinski definition) is 6. The summed E-state index contributed by atoms with van der Waals surface area (Å²) in [7, 11) is 0. The van der Waals surface area contributed by atoms with Gasteiger partial charge in [0.15, 0.2) is 0 Å². The standard InChI is InChI=1S/C15H16N2O4S/c1-11(12-6-4-3-5-7-12)17-9-16-8-13(17)14(18)20-10-21-15(19)22-2/h3-9,11H,10H2,1-2H3. The minimum atomic E-state index is -0.589. The average molecular weight is 320 g/mol. The summed E-state index contributed by atoms with van der Waals surface area (Å²) < 4.78 is 11.3. The van der Waals surface area contributed by atoms with Crippen molar-refractivity contribution in [3.8, 4) is 0 Å². The summed E-state index contributed by atoms with van der Waals surface area (Å²) in [6, 6.07) is 9.67. The summed E-state index contributed by atoms with van der Waals surface area (Å²) in [5.74, 6) is -0.589. The molecule has 0 saturated heterocycles. The van der Waals surface area contributed by atoms with Crippen LogP contribution in [0.1, 0.15) is 29.0 Å². The number of thioether (sulfide) groups is 1. The van der Waals surface area contributed by atoms with Crippen LogP contribution in [0.3, 0.4) is 0 Å². The van der Waals surface area contributed by atoms with E-state index >= 15 is 0 Å². The predicted molar refractivity (Wildman–Crippen MR) is 82.8 cm³/mol. The first-order valence-corrected chi connectivity index (χ1v) is 7.80. The van der Waals surface area contributed by atoms with Crippen molar-refractivity contribution in [2.24, 2.45) is 0 Å². The molecule has 1 aromatic carbocycles. The van der Waals surface area contributed by atoms with Crippen LogP contribution in [-0.4, -0.2) is 33.9 Å². The van der Waals surface area contributed by atoms with Crippen molar-refractivity contribution in [2.45, 2.75) is 13.0 Å². The summed E-state index contributed by atoms with van der Waals surface area (Å²) in [5.41, 5.74) is 1.35. The molecule has 1 atom stereocenters. The number of nitrogens with zero attached hydrogens (tertiary/aromatic N) is 2. The Bertz CT molecular complexity index is 642. The Hall–Kier alpha value is -2.28. The van der Waals surface area contributed by atoms with Crippen molar-refractivity contribution in [2.75, 3.05) is 13.0 Å². The molecule has 1 unspecified atom stereocenters. The molecule has 7 heteroatoms. The maximum absolute atomic E-state index is 12.1. The highest BCUT2D eigenvalue weighted by Crippen LogP contribution is 2.19. The highest BCUT2D eigenvalue weighted by atomic mass is 32.2. The Labute approximate surface area is 132 Å². The Balaban J connectivity index is 2.06. The molecule has 2 aromatic rings. The molecule has 2 rings (SSSR count). The second kappa shape index (κ2) is 7.65. The summed E-state index contributed by atoms with van der Waals surface area (Å²) >= 11 is 0.909. The van der Waals surface area contributed by atoms with Gasteiger partial charge in [0.25, 0.3) is 0 Å². The smallest absolute Gasteiger partial charge is 0.369 e. The number of carbonyl (C=O) groups excluding carboxylic acids is 2. The van der Waals surface area contributed by atoms with E-state index in [4.69, 9.17) is 9.47 Å². The quantitative estimate of drug-likeness (QED) is 0.623. The maximum Gasteiger partial charge on any atom is 0.369 e. The molecule has 0 spiro atoms. The van der Waals surface area contributed by atoms with E-state index in [-0.39, 0.29) is 6.04 Å². The third-order valence-corrected chi connectivity index (χ3v) is 3.56. The molecule has 6 nitrogen and oxygen atoms in total. The van der Waals surface area contributed by atoms with Crippen LogP contribution in [0.25, 0.3) is 0 Å². The van der Waals surface area contributed by atoms with Gasteiger partial charge in [-0.25, -0.2) is 14.6 Å². The van der Waals surface area contributed by atoms with Crippen LogP contribution in [0.4, 0.5) is 4.79 Å². The number of carbonyl (C=O) groups is 2. The zero-order valence-corrected chi connectivity index (χ0v) is 13.1.